The smallest absolute Gasteiger partial charge is 0.245 e. The van der Waals surface area contributed by atoms with Gasteiger partial charge in [-0.05, 0) is 28.1 Å². The molecule has 1 aromatic rings. The van der Waals surface area contributed by atoms with Gasteiger partial charge in [0.25, 0.3) is 0 Å². The number of rotatable bonds is 5. The number of nitrogens with two attached hydrogens (primary N) is 1. The highest BCUT2D eigenvalue weighted by atomic mass is 79.9. The van der Waals surface area contributed by atoms with Gasteiger partial charge < -0.3 is 5.73 Å². The van der Waals surface area contributed by atoms with Crippen molar-refractivity contribution in [2.45, 2.75) is 11.3 Å². The highest BCUT2D eigenvalue weighted by molar-refractivity contribution is 9.10. The number of thiocarbonyl (C=S) groups is 1. The lowest BCUT2D eigenvalue weighted by atomic mass is 10.4. The number of nitrogens with zero attached hydrogens (tertiary/aromatic N) is 1. The molecule has 0 spiro atoms. The molecule has 0 radical (unpaired) electrons. The summed E-state index contributed by atoms with van der Waals surface area (Å²) in [6, 6.07) is 4.82. The summed E-state index contributed by atoms with van der Waals surface area (Å²) in [6.45, 7) is 0.218. The average Bonchev–Trinajstić information content (AvgIpc) is 2.25. The standard InChI is InChI=1S/C10H12BrClN2O2S2/c1-14(6-5-9(13)17)18(15,16)10-7(11)3-2-4-8(10)12/h2-4H,5-6H2,1H3,(H2,13,17). The topological polar surface area (TPSA) is 63.4 Å². The van der Waals surface area contributed by atoms with E-state index in [0.717, 1.165) is 0 Å². The van der Waals surface area contributed by atoms with Crippen molar-refractivity contribution < 1.29 is 8.42 Å². The van der Waals surface area contributed by atoms with E-state index in [0.29, 0.717) is 10.9 Å². The molecule has 100 valence electrons. The minimum absolute atomic E-state index is 0.0529. The van der Waals surface area contributed by atoms with Crippen LogP contribution in [0.15, 0.2) is 27.6 Å². The Balaban J connectivity index is 3.10. The number of hydrogen-bond acceptors (Lipinski definition) is 3. The molecule has 8 heteroatoms. The van der Waals surface area contributed by atoms with Gasteiger partial charge in [-0.25, -0.2) is 12.7 Å². The monoisotopic (exact) mass is 370 g/mol. The number of sulfonamides is 1. The molecule has 0 bridgehead atoms. The van der Waals surface area contributed by atoms with Crippen LogP contribution in [-0.2, 0) is 10.0 Å². The molecule has 0 fully saturated rings. The fourth-order valence-electron chi connectivity index (χ4n) is 1.27. The normalized spacial score (nSPS) is 11.8. The maximum absolute atomic E-state index is 12.3. The lowest BCUT2D eigenvalue weighted by Crippen LogP contribution is -2.30. The maximum Gasteiger partial charge on any atom is 0.245 e. The number of benzene rings is 1. The third kappa shape index (κ3) is 3.64. The Kier molecular flexibility index (Phi) is 5.54. The predicted molar refractivity (Wildman–Crippen MR) is 80.4 cm³/mol. The molecule has 0 saturated carbocycles. The van der Waals surface area contributed by atoms with Gasteiger partial charge in [0.2, 0.25) is 10.0 Å². The first kappa shape index (κ1) is 15.8. The summed E-state index contributed by atoms with van der Waals surface area (Å²) in [5, 5.41) is 0.173. The fourth-order valence-corrected chi connectivity index (χ4v) is 4.20. The Morgan fingerprint density at radius 2 is 2.17 bits per heavy atom. The summed E-state index contributed by atoms with van der Waals surface area (Å²) in [4.78, 5) is 0.326. The molecule has 1 aromatic carbocycles. The fraction of sp³-hybridized carbons (Fsp3) is 0.300. The Morgan fingerprint density at radius 3 is 2.67 bits per heavy atom. The largest absolute Gasteiger partial charge is 0.393 e. The second-order valence-electron chi connectivity index (χ2n) is 3.59. The van der Waals surface area contributed by atoms with Crippen LogP contribution in [0, 0.1) is 0 Å². The van der Waals surface area contributed by atoms with Crippen molar-refractivity contribution in [1.82, 2.24) is 4.31 Å². The molecule has 0 aliphatic rings. The van der Waals surface area contributed by atoms with Crippen molar-refractivity contribution >= 4 is 54.8 Å². The Morgan fingerprint density at radius 1 is 1.56 bits per heavy atom. The first-order valence-electron chi connectivity index (χ1n) is 4.95. The van der Waals surface area contributed by atoms with Crippen LogP contribution in [0.4, 0.5) is 0 Å². The summed E-state index contributed by atoms with van der Waals surface area (Å²) in [5.74, 6) is 0. The highest BCUT2D eigenvalue weighted by Gasteiger charge is 2.25. The Hall–Kier alpha value is -0.210. The molecule has 18 heavy (non-hydrogen) atoms. The van der Waals surface area contributed by atoms with Crippen LogP contribution in [0.5, 0.6) is 0 Å². The summed E-state index contributed by atoms with van der Waals surface area (Å²) in [6.07, 6.45) is 0.327. The van der Waals surface area contributed by atoms with Gasteiger partial charge in [0.1, 0.15) is 4.90 Å². The minimum atomic E-state index is -3.66. The van der Waals surface area contributed by atoms with Gasteiger partial charge in [-0.15, -0.1) is 0 Å². The van der Waals surface area contributed by atoms with Crippen molar-refractivity contribution in [2.24, 2.45) is 5.73 Å². The van der Waals surface area contributed by atoms with Gasteiger partial charge in [-0.1, -0.05) is 29.9 Å². The van der Waals surface area contributed by atoms with Gasteiger partial charge in [-0.2, -0.15) is 0 Å². The molecule has 0 heterocycles. The lowest BCUT2D eigenvalue weighted by Gasteiger charge is -2.18. The second kappa shape index (κ2) is 6.29. The van der Waals surface area contributed by atoms with Gasteiger partial charge in [0, 0.05) is 24.5 Å². The van der Waals surface area contributed by atoms with Crippen LogP contribution >= 0.6 is 39.7 Å². The number of hydrogen-bond donors (Lipinski definition) is 1. The van der Waals surface area contributed by atoms with Crippen molar-refractivity contribution in [3.63, 3.8) is 0 Å². The van der Waals surface area contributed by atoms with Crippen LogP contribution in [-0.4, -0.2) is 31.3 Å². The van der Waals surface area contributed by atoms with E-state index in [1.165, 1.54) is 17.4 Å². The molecule has 0 aliphatic carbocycles. The van der Waals surface area contributed by atoms with Gasteiger partial charge >= 0.3 is 0 Å². The Bertz CT molecular complexity index is 543. The van der Waals surface area contributed by atoms with Crippen molar-refractivity contribution in [3.05, 3.63) is 27.7 Å². The van der Waals surface area contributed by atoms with Crippen LogP contribution < -0.4 is 5.73 Å². The van der Waals surface area contributed by atoms with E-state index in [1.807, 2.05) is 0 Å². The SMILES string of the molecule is CN(CCC(N)=S)S(=O)(=O)c1c(Cl)cccc1Br. The van der Waals surface area contributed by atoms with Crippen LogP contribution in [0.1, 0.15) is 6.42 Å². The average molecular weight is 372 g/mol. The zero-order valence-electron chi connectivity index (χ0n) is 9.56. The van der Waals surface area contributed by atoms with E-state index in [2.05, 4.69) is 15.9 Å². The lowest BCUT2D eigenvalue weighted by molar-refractivity contribution is 0.478. The van der Waals surface area contributed by atoms with Gasteiger partial charge in [0.15, 0.2) is 0 Å². The van der Waals surface area contributed by atoms with Crippen molar-refractivity contribution in [1.29, 1.82) is 0 Å². The third-order valence-corrected chi connectivity index (χ3v) is 5.77. The van der Waals surface area contributed by atoms with Crippen molar-refractivity contribution in [2.75, 3.05) is 13.6 Å². The molecule has 0 atom stereocenters. The van der Waals surface area contributed by atoms with E-state index in [4.69, 9.17) is 29.6 Å². The predicted octanol–water partition coefficient (Wildman–Crippen LogP) is 2.40. The summed E-state index contributed by atoms with van der Waals surface area (Å²) >= 11 is 13.9. The zero-order valence-corrected chi connectivity index (χ0v) is 13.5. The highest BCUT2D eigenvalue weighted by Crippen LogP contribution is 2.31. The van der Waals surface area contributed by atoms with Crippen molar-refractivity contribution in [3.8, 4) is 0 Å². The summed E-state index contributed by atoms with van der Waals surface area (Å²) in [5.41, 5.74) is 5.36. The van der Waals surface area contributed by atoms with Crippen LogP contribution in [0.3, 0.4) is 0 Å². The second-order valence-corrected chi connectivity index (χ2v) is 7.36. The maximum atomic E-state index is 12.3. The first-order valence-corrected chi connectivity index (χ1v) is 7.97. The zero-order chi connectivity index (χ0) is 13.9. The molecule has 0 unspecified atom stereocenters. The Labute approximate surface area is 125 Å². The molecule has 0 amide bonds. The van der Waals surface area contributed by atoms with Gasteiger partial charge in [0.05, 0.1) is 10.0 Å². The quantitative estimate of drug-likeness (QED) is 0.807. The molecule has 0 aromatic heterocycles. The summed E-state index contributed by atoms with van der Waals surface area (Å²) < 4.78 is 26.2. The molecule has 0 aliphatic heterocycles. The number of halogens is 2. The third-order valence-electron chi connectivity index (χ3n) is 2.26. The molecular formula is C10H12BrClN2O2S2. The van der Waals surface area contributed by atoms with Crippen LogP contribution in [0.2, 0.25) is 5.02 Å². The van der Waals surface area contributed by atoms with Gasteiger partial charge in [-0.3, -0.25) is 0 Å². The van der Waals surface area contributed by atoms with E-state index >= 15 is 0 Å². The van der Waals surface area contributed by atoms with E-state index in [1.54, 1.807) is 12.1 Å². The molecule has 2 N–H and O–H groups in total. The van der Waals surface area contributed by atoms with E-state index < -0.39 is 10.0 Å². The van der Waals surface area contributed by atoms with E-state index in [9.17, 15) is 8.42 Å². The van der Waals surface area contributed by atoms with E-state index in [-0.39, 0.29) is 21.5 Å². The molecule has 1 rings (SSSR count). The molecular weight excluding hydrogens is 360 g/mol. The first-order chi connectivity index (χ1) is 8.26. The minimum Gasteiger partial charge on any atom is -0.393 e. The molecule has 4 nitrogen and oxygen atoms in total. The molecule has 0 saturated heterocycles. The summed E-state index contributed by atoms with van der Waals surface area (Å²) in [7, 11) is -2.19. The van der Waals surface area contributed by atoms with Crippen LogP contribution in [0.25, 0.3) is 0 Å².